The molecule has 0 radical (unpaired) electrons. The maximum atomic E-state index is 10.4. The first-order chi connectivity index (χ1) is 9.45. The molecule has 0 fully saturated rings. The van der Waals surface area contributed by atoms with Crippen LogP contribution < -0.4 is 0 Å². The number of aryl methyl sites for hydroxylation is 2. The summed E-state index contributed by atoms with van der Waals surface area (Å²) in [7, 11) is 0. The van der Waals surface area contributed by atoms with Gasteiger partial charge in [-0.15, -0.1) is 0 Å². The van der Waals surface area contributed by atoms with Crippen LogP contribution in [-0.2, 0) is 13.0 Å². The van der Waals surface area contributed by atoms with E-state index in [-0.39, 0.29) is 0 Å². The highest BCUT2D eigenvalue weighted by Gasteiger charge is 2.19. The molecule has 1 unspecified atom stereocenters. The minimum absolute atomic E-state index is 0.400. The molecule has 108 valence electrons. The number of aliphatic hydroxyl groups is 1. The van der Waals surface area contributed by atoms with Crippen molar-refractivity contribution in [1.82, 2.24) is 9.78 Å². The molecule has 1 aromatic carbocycles. The molecule has 6 heteroatoms. The van der Waals surface area contributed by atoms with E-state index in [4.69, 9.17) is 23.2 Å². The molecule has 0 aliphatic heterocycles. The fraction of sp³-hybridized carbons (Fsp3) is 0.357. The van der Waals surface area contributed by atoms with Crippen molar-refractivity contribution >= 4 is 39.1 Å². The Hall–Kier alpha value is -0.550. The molecule has 1 atom stereocenters. The van der Waals surface area contributed by atoms with Crippen molar-refractivity contribution in [2.24, 2.45) is 0 Å². The Balaban J connectivity index is 2.32. The van der Waals surface area contributed by atoms with E-state index in [1.165, 1.54) is 0 Å². The summed E-state index contributed by atoms with van der Waals surface area (Å²) in [6.45, 7) is 4.69. The molecule has 1 N–H and O–H groups in total. The summed E-state index contributed by atoms with van der Waals surface area (Å²) in [6, 6.07) is 5.27. The second kappa shape index (κ2) is 6.48. The third kappa shape index (κ3) is 3.03. The van der Waals surface area contributed by atoms with Crippen LogP contribution in [0.5, 0.6) is 0 Å². The largest absolute Gasteiger partial charge is 0.388 e. The second-order valence-corrected chi connectivity index (χ2v) is 6.10. The van der Waals surface area contributed by atoms with Crippen molar-refractivity contribution < 1.29 is 5.11 Å². The van der Waals surface area contributed by atoms with Crippen LogP contribution in [0.4, 0.5) is 0 Å². The van der Waals surface area contributed by atoms with Crippen molar-refractivity contribution in [2.75, 3.05) is 0 Å². The lowest BCUT2D eigenvalue weighted by Gasteiger charge is -2.14. The third-order valence-corrected chi connectivity index (χ3v) is 5.05. The average molecular weight is 378 g/mol. The van der Waals surface area contributed by atoms with Gasteiger partial charge in [0.2, 0.25) is 0 Å². The molecule has 0 saturated heterocycles. The summed E-state index contributed by atoms with van der Waals surface area (Å²) in [5.74, 6) is 0. The Morgan fingerprint density at radius 2 is 2.10 bits per heavy atom. The van der Waals surface area contributed by atoms with Crippen molar-refractivity contribution in [2.45, 2.75) is 32.9 Å². The number of rotatable bonds is 4. The molecular weight excluding hydrogens is 363 g/mol. The van der Waals surface area contributed by atoms with Gasteiger partial charge in [-0.3, -0.25) is 4.68 Å². The SMILES string of the molecule is CCn1nc(C)c(Br)c1CC(O)c1cccc(Cl)c1Cl. The van der Waals surface area contributed by atoms with Crippen LogP contribution in [0.2, 0.25) is 10.0 Å². The van der Waals surface area contributed by atoms with Crippen LogP contribution in [0, 0.1) is 6.92 Å². The zero-order valence-corrected chi connectivity index (χ0v) is 14.3. The first-order valence-corrected chi connectivity index (χ1v) is 7.84. The van der Waals surface area contributed by atoms with Gasteiger partial charge in [0.25, 0.3) is 0 Å². The highest BCUT2D eigenvalue weighted by Crippen LogP contribution is 2.33. The van der Waals surface area contributed by atoms with Gasteiger partial charge in [-0.1, -0.05) is 35.3 Å². The molecule has 3 nitrogen and oxygen atoms in total. The number of hydrogen-bond acceptors (Lipinski definition) is 2. The molecule has 0 spiro atoms. The second-order valence-electron chi connectivity index (χ2n) is 4.52. The lowest BCUT2D eigenvalue weighted by molar-refractivity contribution is 0.175. The summed E-state index contributed by atoms with van der Waals surface area (Å²) in [5.41, 5.74) is 2.49. The van der Waals surface area contributed by atoms with Gasteiger partial charge >= 0.3 is 0 Å². The van der Waals surface area contributed by atoms with Gasteiger partial charge in [-0.2, -0.15) is 5.10 Å². The highest BCUT2D eigenvalue weighted by molar-refractivity contribution is 9.10. The topological polar surface area (TPSA) is 38.0 Å². The van der Waals surface area contributed by atoms with E-state index in [1.807, 2.05) is 18.5 Å². The van der Waals surface area contributed by atoms with Gasteiger partial charge in [0.05, 0.1) is 32.0 Å². The van der Waals surface area contributed by atoms with Crippen LogP contribution in [0.15, 0.2) is 22.7 Å². The van der Waals surface area contributed by atoms with Crippen molar-refractivity contribution in [3.8, 4) is 0 Å². The number of benzene rings is 1. The van der Waals surface area contributed by atoms with E-state index in [9.17, 15) is 5.11 Å². The number of nitrogens with zero attached hydrogens (tertiary/aromatic N) is 2. The van der Waals surface area contributed by atoms with Gasteiger partial charge in [-0.25, -0.2) is 0 Å². The zero-order chi connectivity index (χ0) is 14.9. The number of aliphatic hydroxyl groups excluding tert-OH is 1. The predicted molar refractivity (Wildman–Crippen MR) is 85.5 cm³/mol. The summed E-state index contributed by atoms with van der Waals surface area (Å²) in [5, 5.41) is 15.7. The van der Waals surface area contributed by atoms with Gasteiger partial charge in [0, 0.05) is 18.5 Å². The minimum Gasteiger partial charge on any atom is -0.388 e. The lowest BCUT2D eigenvalue weighted by atomic mass is 10.0. The van der Waals surface area contributed by atoms with Crippen molar-refractivity contribution in [3.63, 3.8) is 0 Å². The molecular formula is C14H15BrCl2N2O. The van der Waals surface area contributed by atoms with Crippen LogP contribution in [-0.4, -0.2) is 14.9 Å². The van der Waals surface area contributed by atoms with Crippen LogP contribution in [0.25, 0.3) is 0 Å². The van der Waals surface area contributed by atoms with E-state index in [1.54, 1.807) is 18.2 Å². The molecule has 0 saturated carbocycles. The summed E-state index contributed by atoms with van der Waals surface area (Å²) >= 11 is 15.7. The molecule has 2 aromatic rings. The molecule has 20 heavy (non-hydrogen) atoms. The Morgan fingerprint density at radius 3 is 2.75 bits per heavy atom. The number of halogens is 3. The Bertz CT molecular complexity index is 628. The molecule has 0 aliphatic rings. The summed E-state index contributed by atoms with van der Waals surface area (Å²) < 4.78 is 2.80. The van der Waals surface area contributed by atoms with E-state index >= 15 is 0 Å². The maximum Gasteiger partial charge on any atom is 0.0860 e. The molecule has 0 aliphatic carbocycles. The van der Waals surface area contributed by atoms with Gasteiger partial charge in [-0.05, 0) is 35.8 Å². The molecule has 1 aromatic heterocycles. The molecule has 0 amide bonds. The smallest absolute Gasteiger partial charge is 0.0860 e. The van der Waals surface area contributed by atoms with Gasteiger partial charge < -0.3 is 5.11 Å². The van der Waals surface area contributed by atoms with Crippen molar-refractivity contribution in [3.05, 3.63) is 49.7 Å². The van der Waals surface area contributed by atoms with Crippen LogP contribution >= 0.6 is 39.1 Å². The Labute approximate surface area is 136 Å². The highest BCUT2D eigenvalue weighted by atomic mass is 79.9. The monoisotopic (exact) mass is 376 g/mol. The molecule has 2 rings (SSSR count). The Kier molecular flexibility index (Phi) is 5.13. The summed E-state index contributed by atoms with van der Waals surface area (Å²) in [4.78, 5) is 0. The maximum absolute atomic E-state index is 10.4. The number of hydrogen-bond donors (Lipinski definition) is 1. The minimum atomic E-state index is -0.723. The van der Waals surface area contributed by atoms with Gasteiger partial charge in [0.15, 0.2) is 0 Å². The quantitative estimate of drug-likeness (QED) is 0.848. The van der Waals surface area contributed by atoms with Crippen LogP contribution in [0.1, 0.15) is 30.0 Å². The fourth-order valence-corrected chi connectivity index (χ4v) is 3.01. The number of aromatic nitrogens is 2. The van der Waals surface area contributed by atoms with Gasteiger partial charge in [0.1, 0.15) is 0 Å². The first-order valence-electron chi connectivity index (χ1n) is 6.29. The standard InChI is InChI=1S/C14H15BrCl2N2O/c1-3-19-11(13(15)8(2)18-19)7-12(20)9-5-4-6-10(16)14(9)17/h4-6,12,20H,3,7H2,1-2H3. The van der Waals surface area contributed by atoms with E-state index in [0.717, 1.165) is 22.4 Å². The van der Waals surface area contributed by atoms with E-state index in [0.29, 0.717) is 22.0 Å². The summed E-state index contributed by atoms with van der Waals surface area (Å²) in [6.07, 6.45) is -0.297. The van der Waals surface area contributed by atoms with E-state index < -0.39 is 6.10 Å². The average Bonchev–Trinajstić information content (AvgIpc) is 2.69. The Morgan fingerprint density at radius 1 is 1.40 bits per heavy atom. The first kappa shape index (κ1) is 15.8. The zero-order valence-electron chi connectivity index (χ0n) is 11.2. The fourth-order valence-electron chi connectivity index (χ4n) is 2.13. The predicted octanol–water partition coefficient (Wildman–Crippen LogP) is 4.56. The van der Waals surface area contributed by atoms with Crippen molar-refractivity contribution in [1.29, 1.82) is 0 Å². The lowest BCUT2D eigenvalue weighted by Crippen LogP contribution is -2.09. The third-order valence-electron chi connectivity index (χ3n) is 3.18. The molecule has 1 heterocycles. The molecule has 0 bridgehead atoms. The normalized spacial score (nSPS) is 12.7. The van der Waals surface area contributed by atoms with E-state index in [2.05, 4.69) is 21.0 Å². The van der Waals surface area contributed by atoms with Crippen LogP contribution in [0.3, 0.4) is 0 Å².